The number of methoxy groups -OCH3 is 1. The minimum absolute atomic E-state index is 0.416. The second-order valence-corrected chi connectivity index (χ2v) is 6.82. The third kappa shape index (κ3) is 3.77. The molecule has 0 radical (unpaired) electrons. The number of hydrogen-bond acceptors (Lipinski definition) is 4. The zero-order chi connectivity index (χ0) is 13.8. The second-order valence-electron chi connectivity index (χ2n) is 5.70. The number of rotatable bonds is 6. The molecular formula is C15H26N2OS. The fourth-order valence-electron chi connectivity index (χ4n) is 2.95. The number of ether oxygens (including phenoxy) is 1. The zero-order valence-corrected chi connectivity index (χ0v) is 13.3. The van der Waals surface area contributed by atoms with Gasteiger partial charge in [-0.1, -0.05) is 13.3 Å². The number of hydrogen-bond donors (Lipinski definition) is 1. The molecule has 19 heavy (non-hydrogen) atoms. The van der Waals surface area contributed by atoms with Crippen LogP contribution in [0.1, 0.15) is 54.7 Å². The first kappa shape index (κ1) is 14.9. The minimum atomic E-state index is 0.416. The summed E-state index contributed by atoms with van der Waals surface area (Å²) in [5.74, 6) is 0.809. The Morgan fingerprint density at radius 2 is 2.26 bits per heavy atom. The van der Waals surface area contributed by atoms with Gasteiger partial charge in [0, 0.05) is 30.5 Å². The van der Waals surface area contributed by atoms with E-state index in [0.717, 1.165) is 18.9 Å². The Hall–Kier alpha value is -0.450. The molecule has 0 bridgehead atoms. The first-order valence-corrected chi connectivity index (χ1v) is 8.14. The van der Waals surface area contributed by atoms with Crippen molar-refractivity contribution < 1.29 is 4.74 Å². The molecule has 1 aliphatic carbocycles. The van der Waals surface area contributed by atoms with E-state index in [0.29, 0.717) is 12.1 Å². The minimum Gasteiger partial charge on any atom is -0.384 e. The molecule has 1 heterocycles. The van der Waals surface area contributed by atoms with Gasteiger partial charge >= 0.3 is 0 Å². The Labute approximate surface area is 120 Å². The van der Waals surface area contributed by atoms with Gasteiger partial charge in [0.05, 0.1) is 17.3 Å². The molecule has 0 amide bonds. The lowest BCUT2D eigenvalue weighted by molar-refractivity contribution is 0.202. The van der Waals surface area contributed by atoms with Crippen LogP contribution < -0.4 is 5.32 Å². The quantitative estimate of drug-likeness (QED) is 0.867. The highest BCUT2D eigenvalue weighted by Gasteiger charge is 2.26. The fourth-order valence-corrected chi connectivity index (χ4v) is 4.01. The first-order chi connectivity index (χ1) is 9.11. The average molecular weight is 282 g/mol. The highest BCUT2D eigenvalue weighted by Crippen LogP contribution is 2.30. The van der Waals surface area contributed by atoms with Crippen molar-refractivity contribution in [3.05, 3.63) is 15.6 Å². The van der Waals surface area contributed by atoms with Gasteiger partial charge in [-0.2, -0.15) is 0 Å². The van der Waals surface area contributed by atoms with Crippen molar-refractivity contribution in [1.29, 1.82) is 0 Å². The summed E-state index contributed by atoms with van der Waals surface area (Å²) in [7, 11) is 1.74. The SMILES string of the molecule is COCCc1nc(C)c([C@H](C)N[C@@H]2CCC[C@H]2C)s1. The van der Waals surface area contributed by atoms with Crippen molar-refractivity contribution in [2.45, 2.75) is 58.5 Å². The smallest absolute Gasteiger partial charge is 0.0954 e. The van der Waals surface area contributed by atoms with Crippen LogP contribution in [0.15, 0.2) is 0 Å². The monoisotopic (exact) mass is 282 g/mol. The molecule has 3 atom stereocenters. The third-order valence-electron chi connectivity index (χ3n) is 4.12. The standard InChI is InChI=1S/C15H26N2OS/c1-10-6-5-7-13(10)16-11(2)15-12(3)17-14(19-15)8-9-18-4/h10-11,13,16H,5-9H2,1-4H3/t10-,11+,13-/m1/s1. The predicted octanol–water partition coefficient (Wildman–Crippen LogP) is 3.48. The van der Waals surface area contributed by atoms with E-state index < -0.39 is 0 Å². The van der Waals surface area contributed by atoms with Crippen LogP contribution in [0.3, 0.4) is 0 Å². The Balaban J connectivity index is 1.97. The highest BCUT2D eigenvalue weighted by atomic mass is 32.1. The van der Waals surface area contributed by atoms with Gasteiger partial charge in [0.1, 0.15) is 0 Å². The molecule has 1 saturated carbocycles. The largest absolute Gasteiger partial charge is 0.384 e. The van der Waals surface area contributed by atoms with Gasteiger partial charge in [-0.25, -0.2) is 4.98 Å². The summed E-state index contributed by atoms with van der Waals surface area (Å²) >= 11 is 1.84. The maximum Gasteiger partial charge on any atom is 0.0954 e. The van der Waals surface area contributed by atoms with Crippen LogP contribution in [-0.2, 0) is 11.2 Å². The maximum atomic E-state index is 5.13. The molecule has 0 aromatic carbocycles. The zero-order valence-electron chi connectivity index (χ0n) is 12.5. The average Bonchev–Trinajstić information content (AvgIpc) is 2.94. The van der Waals surface area contributed by atoms with Crippen molar-refractivity contribution >= 4 is 11.3 Å². The molecule has 3 nitrogen and oxygen atoms in total. The molecule has 0 saturated heterocycles. The molecular weight excluding hydrogens is 256 g/mol. The van der Waals surface area contributed by atoms with E-state index >= 15 is 0 Å². The van der Waals surface area contributed by atoms with E-state index in [4.69, 9.17) is 4.74 Å². The van der Waals surface area contributed by atoms with Crippen molar-refractivity contribution in [3.8, 4) is 0 Å². The van der Waals surface area contributed by atoms with Crippen LogP contribution in [0.25, 0.3) is 0 Å². The van der Waals surface area contributed by atoms with E-state index in [1.54, 1.807) is 7.11 Å². The fraction of sp³-hybridized carbons (Fsp3) is 0.800. The topological polar surface area (TPSA) is 34.1 Å². The van der Waals surface area contributed by atoms with Crippen molar-refractivity contribution in [2.24, 2.45) is 5.92 Å². The lowest BCUT2D eigenvalue weighted by Crippen LogP contribution is -2.33. The highest BCUT2D eigenvalue weighted by molar-refractivity contribution is 7.11. The maximum absolute atomic E-state index is 5.13. The lowest BCUT2D eigenvalue weighted by Gasteiger charge is -2.22. The van der Waals surface area contributed by atoms with Gasteiger partial charge in [-0.05, 0) is 32.6 Å². The summed E-state index contributed by atoms with van der Waals surface area (Å²) < 4.78 is 5.13. The Morgan fingerprint density at radius 1 is 1.47 bits per heavy atom. The lowest BCUT2D eigenvalue weighted by atomic mass is 10.1. The van der Waals surface area contributed by atoms with E-state index in [2.05, 4.69) is 31.1 Å². The van der Waals surface area contributed by atoms with Crippen molar-refractivity contribution in [3.63, 3.8) is 0 Å². The van der Waals surface area contributed by atoms with Crippen molar-refractivity contribution in [1.82, 2.24) is 10.3 Å². The molecule has 1 aromatic rings. The number of thiazole rings is 1. The molecule has 1 aliphatic rings. The molecule has 2 rings (SSSR count). The van der Waals surface area contributed by atoms with Gasteiger partial charge in [-0.3, -0.25) is 0 Å². The van der Waals surface area contributed by atoms with Gasteiger partial charge in [-0.15, -0.1) is 11.3 Å². The van der Waals surface area contributed by atoms with Gasteiger partial charge in [0.2, 0.25) is 0 Å². The van der Waals surface area contributed by atoms with Crippen LogP contribution in [0.5, 0.6) is 0 Å². The molecule has 1 N–H and O–H groups in total. The number of nitrogens with zero attached hydrogens (tertiary/aromatic N) is 1. The van der Waals surface area contributed by atoms with E-state index in [9.17, 15) is 0 Å². The Morgan fingerprint density at radius 3 is 2.89 bits per heavy atom. The first-order valence-electron chi connectivity index (χ1n) is 7.33. The Kier molecular flexibility index (Phi) is 5.37. The number of aryl methyl sites for hydroxylation is 1. The molecule has 0 aliphatic heterocycles. The molecule has 108 valence electrons. The normalized spacial score (nSPS) is 24.8. The summed E-state index contributed by atoms with van der Waals surface area (Å²) in [5.41, 5.74) is 1.18. The summed E-state index contributed by atoms with van der Waals surface area (Å²) in [4.78, 5) is 6.06. The van der Waals surface area contributed by atoms with E-state index in [1.165, 1.54) is 34.8 Å². The Bertz CT molecular complexity index is 405. The predicted molar refractivity (Wildman–Crippen MR) is 80.8 cm³/mol. The van der Waals surface area contributed by atoms with Crippen molar-refractivity contribution in [2.75, 3.05) is 13.7 Å². The van der Waals surface area contributed by atoms with Gasteiger partial charge < -0.3 is 10.1 Å². The molecule has 0 spiro atoms. The summed E-state index contributed by atoms with van der Waals surface area (Å²) in [5, 5.41) is 4.99. The van der Waals surface area contributed by atoms with E-state index in [-0.39, 0.29) is 0 Å². The number of nitrogens with one attached hydrogen (secondary N) is 1. The van der Waals surface area contributed by atoms with Gasteiger partial charge in [0.15, 0.2) is 0 Å². The molecule has 1 fully saturated rings. The van der Waals surface area contributed by atoms with Crippen LogP contribution in [0.2, 0.25) is 0 Å². The summed E-state index contributed by atoms with van der Waals surface area (Å²) in [6.45, 7) is 7.51. The number of aromatic nitrogens is 1. The molecule has 0 unspecified atom stereocenters. The van der Waals surface area contributed by atoms with Gasteiger partial charge in [0.25, 0.3) is 0 Å². The van der Waals surface area contributed by atoms with Crippen LogP contribution in [0.4, 0.5) is 0 Å². The molecule has 4 heteroatoms. The summed E-state index contributed by atoms with van der Waals surface area (Å²) in [6, 6.07) is 1.10. The van der Waals surface area contributed by atoms with E-state index in [1.807, 2.05) is 11.3 Å². The third-order valence-corrected chi connectivity index (χ3v) is 5.52. The van der Waals surface area contributed by atoms with Crippen LogP contribution in [-0.4, -0.2) is 24.7 Å². The summed E-state index contributed by atoms with van der Waals surface area (Å²) in [6.07, 6.45) is 4.98. The second kappa shape index (κ2) is 6.82. The van der Waals surface area contributed by atoms with Crippen LogP contribution >= 0.6 is 11.3 Å². The molecule has 1 aromatic heterocycles. The van der Waals surface area contributed by atoms with Crippen LogP contribution in [0, 0.1) is 12.8 Å².